The molecule has 5 rings (SSSR count). The average Bonchev–Trinajstić information content (AvgIpc) is 3.74. The maximum Gasteiger partial charge on any atom is 0.196 e. The molecule has 6 N–H and O–H groups in total. The monoisotopic (exact) mass is 784 g/mol. The van der Waals surface area contributed by atoms with Crippen molar-refractivity contribution in [2.45, 2.75) is 83.5 Å². The fraction of sp³-hybridized carbons (Fsp3) is 0.610. The molecular weight excluding hydrogens is 725 g/mol. The van der Waals surface area contributed by atoms with Crippen molar-refractivity contribution in [2.75, 3.05) is 51.8 Å². The summed E-state index contributed by atoms with van der Waals surface area (Å²) in [5, 5.41) is 42.2. The normalized spacial score (nSPS) is 28.0. The third-order valence-electron chi connectivity index (χ3n) is 11.6. The molecule has 1 aliphatic heterocycles. The summed E-state index contributed by atoms with van der Waals surface area (Å²) in [6.45, 7) is 4.92. The first-order valence-corrected chi connectivity index (χ1v) is 21.6. The van der Waals surface area contributed by atoms with E-state index in [9.17, 15) is 20.1 Å². The number of benzene rings is 2. The van der Waals surface area contributed by atoms with E-state index in [1.54, 1.807) is 41.8 Å². The number of guanidine groups is 1. The van der Waals surface area contributed by atoms with E-state index >= 15 is 0 Å². The molecule has 54 heavy (non-hydrogen) atoms. The Bertz CT molecular complexity index is 1640. The van der Waals surface area contributed by atoms with Gasteiger partial charge in [-0.05, 0) is 117 Å². The quantitative estimate of drug-likeness (QED) is 0.0798. The molecule has 298 valence electrons. The van der Waals surface area contributed by atoms with Gasteiger partial charge < -0.3 is 45.5 Å². The number of anilines is 1. The molecule has 6 atom stereocenters. The van der Waals surface area contributed by atoms with Gasteiger partial charge in [0.25, 0.3) is 0 Å². The van der Waals surface area contributed by atoms with Gasteiger partial charge in [-0.3, -0.25) is 9.79 Å². The lowest BCUT2D eigenvalue weighted by molar-refractivity contribution is -0.125. The van der Waals surface area contributed by atoms with Crippen molar-refractivity contribution < 1.29 is 34.3 Å². The molecular formula is C41H60N4O7S2. The van der Waals surface area contributed by atoms with E-state index in [4.69, 9.17) is 14.2 Å². The zero-order chi connectivity index (χ0) is 38.9. The Kier molecular flexibility index (Phi) is 14.9. The van der Waals surface area contributed by atoms with Gasteiger partial charge in [-0.1, -0.05) is 54.0 Å². The number of nitrogens with zero attached hydrogens (tertiary/aromatic N) is 1. The smallest absolute Gasteiger partial charge is 0.196 e. The van der Waals surface area contributed by atoms with Crippen LogP contribution in [0.4, 0.5) is 5.69 Å². The highest BCUT2D eigenvalue weighted by atomic mass is 33.1. The summed E-state index contributed by atoms with van der Waals surface area (Å²) in [4.78, 5) is 19.1. The van der Waals surface area contributed by atoms with Crippen LogP contribution in [0.3, 0.4) is 0 Å². The first-order valence-electron chi connectivity index (χ1n) is 19.2. The fourth-order valence-corrected chi connectivity index (χ4v) is 10.8. The van der Waals surface area contributed by atoms with Crippen LogP contribution in [-0.4, -0.2) is 85.4 Å². The van der Waals surface area contributed by atoms with Crippen LogP contribution >= 0.6 is 21.6 Å². The number of rotatable bonds is 11. The summed E-state index contributed by atoms with van der Waals surface area (Å²) >= 11 is 0. The van der Waals surface area contributed by atoms with Gasteiger partial charge >= 0.3 is 0 Å². The largest absolute Gasteiger partial charge is 0.504 e. The SMILES string of the molecule is CN=C1NCSSCC2CCCC2(Cc2ccc(O)c(OC)c2)C(=O)C=CC(C(C)C)Cc2cc(c(O)c(OC3(CNC)CCC(CC(O)OC)C3)c2)N1. The number of allylic oxidation sites excluding steroid dienone is 2. The van der Waals surface area contributed by atoms with Crippen LogP contribution in [0, 0.1) is 29.1 Å². The maximum absolute atomic E-state index is 14.6. The Morgan fingerprint density at radius 1 is 1.09 bits per heavy atom. The van der Waals surface area contributed by atoms with Gasteiger partial charge in [-0.15, -0.1) is 0 Å². The van der Waals surface area contributed by atoms with E-state index in [1.165, 1.54) is 7.11 Å². The number of carbonyl (C=O) groups is 1. The first-order chi connectivity index (χ1) is 25.9. The Balaban J connectivity index is 1.50. The summed E-state index contributed by atoms with van der Waals surface area (Å²) in [7, 11) is 10.1. The maximum atomic E-state index is 14.6. The van der Waals surface area contributed by atoms with Crippen LogP contribution in [0.2, 0.25) is 0 Å². The molecule has 6 unspecified atom stereocenters. The molecule has 3 aliphatic rings. The third kappa shape index (κ3) is 10.2. The van der Waals surface area contributed by atoms with Crippen molar-refractivity contribution in [3.63, 3.8) is 0 Å². The lowest BCUT2D eigenvalue weighted by atomic mass is 9.70. The van der Waals surface area contributed by atoms with E-state index in [0.29, 0.717) is 61.3 Å². The van der Waals surface area contributed by atoms with Gasteiger partial charge in [0.15, 0.2) is 41.0 Å². The van der Waals surface area contributed by atoms with Crippen molar-refractivity contribution >= 4 is 39.0 Å². The first kappa shape index (κ1) is 42.1. The number of phenols is 2. The minimum absolute atomic E-state index is 0.00458. The number of aliphatic imine (C=N–C) groups is 1. The Morgan fingerprint density at radius 3 is 2.63 bits per heavy atom. The highest BCUT2D eigenvalue weighted by molar-refractivity contribution is 8.76. The van der Waals surface area contributed by atoms with Gasteiger partial charge in [0.2, 0.25) is 0 Å². The third-order valence-corrected chi connectivity index (χ3v) is 13.8. The van der Waals surface area contributed by atoms with Crippen molar-refractivity contribution in [3.05, 3.63) is 53.6 Å². The van der Waals surface area contributed by atoms with Crippen molar-refractivity contribution in [3.8, 4) is 23.0 Å². The molecule has 2 fully saturated rings. The van der Waals surface area contributed by atoms with Crippen LogP contribution in [-0.2, 0) is 22.4 Å². The van der Waals surface area contributed by atoms with E-state index in [1.807, 2.05) is 37.4 Å². The van der Waals surface area contributed by atoms with Gasteiger partial charge in [0, 0.05) is 38.3 Å². The van der Waals surface area contributed by atoms with E-state index in [-0.39, 0.29) is 41.0 Å². The standard InChI is InChI=1S/C41H60N4O7S2/c1-26(2)30-10-12-36(47)41(22-27-9-11-33(46)34(18-27)50-5)14-7-8-31(41)23-53-54-25-44-39(43-4)45-32-17-29(16-30)19-35(38(32)49)52-40(24-42-3)15-13-28(21-40)20-37(48)51-6/h9-12,17-19,26,28,30-31,37,42,46,48-49H,7-8,13-16,20-25H2,1-6H3,(H2,43,44,45). The highest BCUT2D eigenvalue weighted by Crippen LogP contribution is 2.50. The molecule has 2 aromatic carbocycles. The molecule has 0 radical (unpaired) electrons. The van der Waals surface area contributed by atoms with E-state index in [0.717, 1.165) is 49.0 Å². The number of phenolic OH excluding ortho intramolecular Hbond substituents is 2. The minimum Gasteiger partial charge on any atom is -0.504 e. The van der Waals surface area contributed by atoms with Gasteiger partial charge in [0.05, 0.1) is 18.7 Å². The molecule has 0 spiro atoms. The second-order valence-electron chi connectivity index (χ2n) is 15.5. The zero-order valence-electron chi connectivity index (χ0n) is 32.7. The number of fused-ring (bicyclic) bond motifs is 3. The molecule has 2 aromatic rings. The molecule has 0 amide bonds. The average molecular weight is 785 g/mol. The molecule has 13 heteroatoms. The predicted octanol–water partition coefficient (Wildman–Crippen LogP) is 6.91. The summed E-state index contributed by atoms with van der Waals surface area (Å²) in [5.41, 5.74) is 1.27. The molecule has 2 bridgehead atoms. The van der Waals surface area contributed by atoms with Crippen LogP contribution in [0.5, 0.6) is 23.0 Å². The van der Waals surface area contributed by atoms with Crippen LogP contribution in [0.15, 0.2) is 47.5 Å². The van der Waals surface area contributed by atoms with Crippen molar-refractivity contribution in [2.24, 2.45) is 34.1 Å². The van der Waals surface area contributed by atoms with E-state index < -0.39 is 17.3 Å². The molecule has 2 aliphatic carbocycles. The number of hydrogen-bond acceptors (Lipinski definition) is 11. The number of ether oxygens (including phenoxy) is 3. The Hall–Kier alpha value is -3.10. The number of hydrogen-bond donors (Lipinski definition) is 6. The van der Waals surface area contributed by atoms with Crippen LogP contribution < -0.4 is 25.4 Å². The number of methoxy groups -OCH3 is 2. The summed E-state index contributed by atoms with van der Waals surface area (Å²) < 4.78 is 17.4. The zero-order valence-corrected chi connectivity index (χ0v) is 34.3. The Labute approximate surface area is 328 Å². The predicted molar refractivity (Wildman–Crippen MR) is 220 cm³/mol. The molecule has 2 saturated carbocycles. The van der Waals surface area contributed by atoms with Gasteiger partial charge in [0.1, 0.15) is 5.60 Å². The second kappa shape index (κ2) is 19.2. The van der Waals surface area contributed by atoms with E-state index in [2.05, 4.69) is 40.9 Å². The van der Waals surface area contributed by atoms with Crippen LogP contribution in [0.25, 0.3) is 0 Å². The Morgan fingerprint density at radius 2 is 1.91 bits per heavy atom. The molecule has 11 nitrogen and oxygen atoms in total. The van der Waals surface area contributed by atoms with Crippen LogP contribution in [0.1, 0.15) is 69.9 Å². The lowest BCUT2D eigenvalue weighted by Gasteiger charge is -2.34. The van der Waals surface area contributed by atoms with Crippen molar-refractivity contribution in [1.29, 1.82) is 0 Å². The topological polar surface area (TPSA) is 154 Å². The van der Waals surface area contributed by atoms with Gasteiger partial charge in [-0.25, -0.2) is 0 Å². The number of carbonyl (C=O) groups excluding carboxylic acids is 1. The lowest BCUT2D eigenvalue weighted by Crippen LogP contribution is -2.43. The number of nitrogens with one attached hydrogen (secondary N) is 3. The van der Waals surface area contributed by atoms with Crippen molar-refractivity contribution in [1.82, 2.24) is 10.6 Å². The number of aliphatic hydroxyl groups is 1. The number of likely N-dealkylation sites (N-methyl/N-ethyl adjacent to an activating group) is 1. The minimum atomic E-state index is -0.827. The molecule has 0 aromatic heterocycles. The number of ketones is 1. The molecule has 0 saturated heterocycles. The number of aliphatic hydroxyl groups excluding tert-OH is 1. The summed E-state index contributed by atoms with van der Waals surface area (Å²) in [6, 6.07) is 9.30. The second-order valence-corrected chi connectivity index (χ2v) is 18.0. The fourth-order valence-electron chi connectivity index (χ4n) is 8.56. The molecule has 1 heterocycles. The summed E-state index contributed by atoms with van der Waals surface area (Å²) in [5.74, 6) is 3.59. The van der Waals surface area contributed by atoms with Gasteiger partial charge in [-0.2, -0.15) is 0 Å². The highest BCUT2D eigenvalue weighted by Gasteiger charge is 2.47. The summed E-state index contributed by atoms with van der Waals surface area (Å²) in [6.07, 6.45) is 9.92. The number of aromatic hydroxyl groups is 2.